The van der Waals surface area contributed by atoms with Gasteiger partial charge < -0.3 is 10.7 Å². The van der Waals surface area contributed by atoms with Gasteiger partial charge in [0, 0.05) is 10.6 Å². The molecule has 1 aromatic carbocycles. The zero-order chi connectivity index (χ0) is 12.5. The lowest BCUT2D eigenvalue weighted by molar-refractivity contribution is 1.08. The Bertz CT molecular complexity index is 707. The normalized spacial score (nSPS) is 10.9. The molecule has 3 rings (SSSR count). The van der Waals surface area contributed by atoms with Gasteiger partial charge in [-0.1, -0.05) is 11.8 Å². The van der Waals surface area contributed by atoms with Gasteiger partial charge in [-0.2, -0.15) is 0 Å². The number of nitrogens with one attached hydrogen (secondary N) is 1. The van der Waals surface area contributed by atoms with E-state index in [0.29, 0.717) is 5.65 Å². The minimum absolute atomic E-state index is 0.681. The van der Waals surface area contributed by atoms with Crippen molar-refractivity contribution in [3.8, 4) is 0 Å². The molecule has 0 unspecified atom stereocenters. The molecule has 2 aromatic heterocycles. The average Bonchev–Trinajstić information content (AvgIpc) is 2.82. The van der Waals surface area contributed by atoms with Gasteiger partial charge in [-0.05, 0) is 30.7 Å². The number of aromatic nitrogens is 4. The third kappa shape index (κ3) is 1.91. The molecule has 0 aliphatic carbocycles. The van der Waals surface area contributed by atoms with Gasteiger partial charge in [-0.15, -0.1) is 0 Å². The summed E-state index contributed by atoms with van der Waals surface area (Å²) in [6.45, 7) is 2.03. The van der Waals surface area contributed by atoms with Crippen LogP contribution in [0, 0.1) is 6.92 Å². The van der Waals surface area contributed by atoms with Gasteiger partial charge in [-0.25, -0.2) is 15.0 Å². The van der Waals surface area contributed by atoms with Gasteiger partial charge in [0.15, 0.2) is 5.65 Å². The van der Waals surface area contributed by atoms with E-state index in [0.717, 1.165) is 26.7 Å². The molecule has 90 valence electrons. The largest absolute Gasteiger partial charge is 0.399 e. The lowest BCUT2D eigenvalue weighted by atomic mass is 10.2. The SMILES string of the molecule is Cc1cc(N)ccc1Sc1ncnc2nc[nH]c12. The first-order valence-electron chi connectivity index (χ1n) is 5.42. The van der Waals surface area contributed by atoms with Crippen molar-refractivity contribution in [2.24, 2.45) is 0 Å². The topological polar surface area (TPSA) is 80.5 Å². The van der Waals surface area contributed by atoms with E-state index in [1.807, 2.05) is 25.1 Å². The van der Waals surface area contributed by atoms with Gasteiger partial charge in [0.2, 0.25) is 0 Å². The number of fused-ring (bicyclic) bond motifs is 1. The molecule has 0 radical (unpaired) electrons. The Morgan fingerprint density at radius 1 is 1.22 bits per heavy atom. The maximum absolute atomic E-state index is 5.74. The molecule has 0 aliphatic heterocycles. The molecule has 0 atom stereocenters. The van der Waals surface area contributed by atoms with Gasteiger partial charge in [0.05, 0.1) is 6.33 Å². The molecule has 6 heteroatoms. The van der Waals surface area contributed by atoms with Gasteiger partial charge in [-0.3, -0.25) is 0 Å². The summed E-state index contributed by atoms with van der Waals surface area (Å²) >= 11 is 1.58. The van der Waals surface area contributed by atoms with Gasteiger partial charge in [0.25, 0.3) is 0 Å². The second kappa shape index (κ2) is 4.30. The number of hydrogen-bond acceptors (Lipinski definition) is 5. The van der Waals surface area contributed by atoms with Crippen molar-refractivity contribution in [2.45, 2.75) is 16.8 Å². The Morgan fingerprint density at radius 3 is 2.94 bits per heavy atom. The molecule has 18 heavy (non-hydrogen) atoms. The van der Waals surface area contributed by atoms with Crippen LogP contribution in [0.2, 0.25) is 0 Å². The van der Waals surface area contributed by atoms with E-state index in [1.165, 1.54) is 6.33 Å². The second-order valence-corrected chi connectivity index (χ2v) is 4.94. The number of nitrogens with two attached hydrogens (primary N) is 1. The van der Waals surface area contributed by atoms with Crippen LogP contribution >= 0.6 is 11.8 Å². The highest BCUT2D eigenvalue weighted by Crippen LogP contribution is 2.32. The van der Waals surface area contributed by atoms with Crippen molar-refractivity contribution in [3.05, 3.63) is 36.4 Å². The minimum atomic E-state index is 0.681. The van der Waals surface area contributed by atoms with E-state index in [4.69, 9.17) is 5.73 Å². The predicted octanol–water partition coefficient (Wildman–Crippen LogP) is 2.39. The number of anilines is 1. The summed E-state index contributed by atoms with van der Waals surface area (Å²) in [4.78, 5) is 16.7. The third-order valence-electron chi connectivity index (χ3n) is 2.59. The quantitative estimate of drug-likeness (QED) is 0.544. The molecule has 0 spiro atoms. The van der Waals surface area contributed by atoms with Crippen molar-refractivity contribution in [1.82, 2.24) is 19.9 Å². The Hall–Kier alpha value is -2.08. The lowest BCUT2D eigenvalue weighted by Gasteiger charge is -2.06. The minimum Gasteiger partial charge on any atom is -0.399 e. The Labute approximate surface area is 108 Å². The first-order valence-corrected chi connectivity index (χ1v) is 6.24. The molecule has 2 heterocycles. The number of imidazole rings is 1. The van der Waals surface area contributed by atoms with Crippen molar-refractivity contribution < 1.29 is 0 Å². The number of rotatable bonds is 2. The van der Waals surface area contributed by atoms with Crippen molar-refractivity contribution in [2.75, 3.05) is 5.73 Å². The monoisotopic (exact) mass is 257 g/mol. The molecule has 0 aliphatic rings. The smallest absolute Gasteiger partial charge is 0.181 e. The molecular formula is C12H11N5S. The maximum atomic E-state index is 5.74. The number of nitrogens with zero attached hydrogens (tertiary/aromatic N) is 3. The Morgan fingerprint density at radius 2 is 2.11 bits per heavy atom. The lowest BCUT2D eigenvalue weighted by Crippen LogP contribution is -1.89. The average molecular weight is 257 g/mol. The standard InChI is InChI=1S/C12H11N5S/c1-7-4-8(13)2-3-9(7)18-12-10-11(15-5-14-10)16-6-17-12/h2-6H,13H2,1H3,(H,14,15,16,17). The van der Waals surface area contributed by atoms with Crippen LogP contribution in [0.1, 0.15) is 5.56 Å². The molecule has 0 saturated carbocycles. The van der Waals surface area contributed by atoms with Crippen LogP contribution in [0.5, 0.6) is 0 Å². The molecule has 3 aromatic rings. The van der Waals surface area contributed by atoms with Crippen molar-refractivity contribution in [3.63, 3.8) is 0 Å². The van der Waals surface area contributed by atoms with Crippen LogP contribution in [0.3, 0.4) is 0 Å². The van der Waals surface area contributed by atoms with Crippen molar-refractivity contribution >= 4 is 28.6 Å². The number of nitrogen functional groups attached to an aromatic ring is 1. The van der Waals surface area contributed by atoms with E-state index in [2.05, 4.69) is 19.9 Å². The fourth-order valence-corrected chi connectivity index (χ4v) is 2.63. The first-order chi connectivity index (χ1) is 8.74. The van der Waals surface area contributed by atoms with Crippen molar-refractivity contribution in [1.29, 1.82) is 0 Å². The number of benzene rings is 1. The molecule has 0 saturated heterocycles. The Kier molecular flexibility index (Phi) is 2.64. The molecule has 0 fully saturated rings. The van der Waals surface area contributed by atoms with Gasteiger partial charge in [0.1, 0.15) is 16.9 Å². The van der Waals surface area contributed by atoms with E-state index >= 15 is 0 Å². The number of aromatic amines is 1. The van der Waals surface area contributed by atoms with Crippen LogP contribution in [0.25, 0.3) is 11.2 Å². The van der Waals surface area contributed by atoms with Crippen LogP contribution < -0.4 is 5.73 Å². The molecule has 5 nitrogen and oxygen atoms in total. The predicted molar refractivity (Wildman–Crippen MR) is 71.4 cm³/mol. The molecule has 0 bridgehead atoms. The fraction of sp³-hybridized carbons (Fsp3) is 0.0833. The zero-order valence-corrected chi connectivity index (χ0v) is 10.5. The van der Waals surface area contributed by atoms with E-state index in [9.17, 15) is 0 Å². The van der Waals surface area contributed by atoms with E-state index in [1.54, 1.807) is 18.1 Å². The number of H-pyrrole nitrogens is 1. The van der Waals surface area contributed by atoms with E-state index < -0.39 is 0 Å². The highest BCUT2D eigenvalue weighted by molar-refractivity contribution is 7.99. The highest BCUT2D eigenvalue weighted by atomic mass is 32.2. The third-order valence-corrected chi connectivity index (χ3v) is 3.77. The molecule has 0 amide bonds. The van der Waals surface area contributed by atoms with Crippen LogP contribution in [0.4, 0.5) is 5.69 Å². The second-order valence-electron chi connectivity index (χ2n) is 3.91. The van der Waals surface area contributed by atoms with Crippen LogP contribution in [-0.2, 0) is 0 Å². The molecular weight excluding hydrogens is 246 g/mol. The summed E-state index contributed by atoms with van der Waals surface area (Å²) in [7, 11) is 0. The summed E-state index contributed by atoms with van der Waals surface area (Å²) in [5.41, 5.74) is 9.19. The summed E-state index contributed by atoms with van der Waals surface area (Å²) in [5, 5.41) is 0.866. The van der Waals surface area contributed by atoms with Crippen LogP contribution in [0.15, 0.2) is 40.8 Å². The summed E-state index contributed by atoms with van der Waals surface area (Å²) < 4.78 is 0. The summed E-state index contributed by atoms with van der Waals surface area (Å²) in [5.74, 6) is 0. The zero-order valence-electron chi connectivity index (χ0n) is 9.71. The fourth-order valence-electron chi connectivity index (χ4n) is 1.71. The highest BCUT2D eigenvalue weighted by Gasteiger charge is 2.09. The summed E-state index contributed by atoms with van der Waals surface area (Å²) in [6.07, 6.45) is 3.15. The first kappa shape index (κ1) is 11.0. The van der Waals surface area contributed by atoms with Gasteiger partial charge >= 0.3 is 0 Å². The maximum Gasteiger partial charge on any atom is 0.181 e. The molecule has 3 N–H and O–H groups in total. The Balaban J connectivity index is 2.03. The van der Waals surface area contributed by atoms with Crippen LogP contribution in [-0.4, -0.2) is 19.9 Å². The van der Waals surface area contributed by atoms with E-state index in [-0.39, 0.29) is 0 Å². The summed E-state index contributed by atoms with van der Waals surface area (Å²) in [6, 6.07) is 5.84. The number of hydrogen-bond donors (Lipinski definition) is 2. The number of aryl methyl sites for hydroxylation is 1.